The summed E-state index contributed by atoms with van der Waals surface area (Å²) in [5, 5.41) is 3.31. The van der Waals surface area contributed by atoms with Gasteiger partial charge in [-0.2, -0.15) is 0 Å². The Morgan fingerprint density at radius 2 is 1.62 bits per heavy atom. The molecule has 0 heterocycles. The summed E-state index contributed by atoms with van der Waals surface area (Å²) in [5.41, 5.74) is 1.13. The number of ether oxygens (including phenoxy) is 1. The first-order valence-electron chi connectivity index (χ1n) is 8.10. The van der Waals surface area contributed by atoms with Crippen LogP contribution in [0.3, 0.4) is 0 Å². The summed E-state index contributed by atoms with van der Waals surface area (Å²) in [7, 11) is 0. The molecule has 0 atom stereocenters. The van der Waals surface area contributed by atoms with E-state index in [1.807, 2.05) is 30.3 Å². The van der Waals surface area contributed by atoms with Crippen molar-refractivity contribution in [3.05, 3.63) is 36.4 Å². The second-order valence-electron chi connectivity index (χ2n) is 5.80. The van der Waals surface area contributed by atoms with Gasteiger partial charge in [-0.1, -0.05) is 72.2 Å². The van der Waals surface area contributed by atoms with Crippen LogP contribution in [0.4, 0.5) is 0 Å². The van der Waals surface area contributed by atoms with Crippen molar-refractivity contribution in [1.29, 1.82) is 0 Å². The zero-order valence-electron chi connectivity index (χ0n) is 14.5. The third kappa shape index (κ3) is 12.2. The Balaban J connectivity index is 0.000000486. The molecule has 2 heteroatoms. The summed E-state index contributed by atoms with van der Waals surface area (Å²) in [6.45, 7) is 15.3. The highest BCUT2D eigenvalue weighted by Crippen LogP contribution is 2.13. The Morgan fingerprint density at radius 1 is 1.05 bits per heavy atom. The first-order chi connectivity index (χ1) is 9.99. The van der Waals surface area contributed by atoms with Gasteiger partial charge in [0.05, 0.1) is 6.61 Å². The molecule has 0 saturated heterocycles. The van der Waals surface area contributed by atoms with Crippen LogP contribution < -0.4 is 10.1 Å². The van der Waals surface area contributed by atoms with Gasteiger partial charge in [-0.25, -0.2) is 0 Å². The lowest BCUT2D eigenvalue weighted by Gasteiger charge is -2.10. The van der Waals surface area contributed by atoms with Gasteiger partial charge in [-0.05, 0) is 24.1 Å². The number of benzene rings is 1. The topological polar surface area (TPSA) is 21.3 Å². The molecule has 0 aliphatic heterocycles. The standard InChI is InChI=1S/C13H18O.C6H15N/c1-3-5-6-11-14-13-9-7-12(4-2)8-10-13;1-5(2)7-6(3)4/h4,7-10H,2-3,5-6,11H2,1H3;5-7H,1-4H3. The van der Waals surface area contributed by atoms with Gasteiger partial charge in [-0.3, -0.25) is 0 Å². The molecule has 0 bridgehead atoms. The van der Waals surface area contributed by atoms with Crippen LogP contribution in [-0.4, -0.2) is 18.7 Å². The van der Waals surface area contributed by atoms with Crippen LogP contribution in [0, 0.1) is 0 Å². The monoisotopic (exact) mass is 291 g/mol. The van der Waals surface area contributed by atoms with Crippen molar-refractivity contribution in [2.45, 2.75) is 66.0 Å². The molecule has 0 amide bonds. The zero-order chi connectivity index (χ0) is 16.1. The molecule has 1 aromatic rings. The molecule has 21 heavy (non-hydrogen) atoms. The van der Waals surface area contributed by atoms with E-state index in [0.29, 0.717) is 12.1 Å². The quantitative estimate of drug-likeness (QED) is 0.657. The van der Waals surface area contributed by atoms with Crippen molar-refractivity contribution >= 4 is 6.08 Å². The van der Waals surface area contributed by atoms with Crippen molar-refractivity contribution in [3.63, 3.8) is 0 Å². The highest BCUT2D eigenvalue weighted by atomic mass is 16.5. The maximum atomic E-state index is 5.57. The predicted molar refractivity (Wildman–Crippen MR) is 95.0 cm³/mol. The van der Waals surface area contributed by atoms with Crippen LogP contribution >= 0.6 is 0 Å². The molecule has 0 aromatic heterocycles. The number of hydrogen-bond donors (Lipinski definition) is 1. The molecular weight excluding hydrogens is 258 g/mol. The summed E-state index contributed by atoms with van der Waals surface area (Å²) in [6.07, 6.45) is 5.45. The molecule has 120 valence electrons. The molecule has 0 fully saturated rings. The first kappa shape index (κ1) is 19.7. The summed E-state index contributed by atoms with van der Waals surface area (Å²) >= 11 is 0. The minimum absolute atomic E-state index is 0.625. The van der Waals surface area contributed by atoms with E-state index in [0.717, 1.165) is 24.3 Å². The highest BCUT2D eigenvalue weighted by molar-refractivity contribution is 5.48. The second-order valence-corrected chi connectivity index (χ2v) is 5.80. The Labute approximate surface area is 131 Å². The maximum Gasteiger partial charge on any atom is 0.119 e. The zero-order valence-corrected chi connectivity index (χ0v) is 14.5. The number of hydrogen-bond acceptors (Lipinski definition) is 2. The summed E-state index contributed by atoms with van der Waals surface area (Å²) in [4.78, 5) is 0. The van der Waals surface area contributed by atoms with E-state index in [2.05, 4.69) is 46.5 Å². The van der Waals surface area contributed by atoms with E-state index in [9.17, 15) is 0 Å². The van der Waals surface area contributed by atoms with Gasteiger partial charge >= 0.3 is 0 Å². The molecule has 0 radical (unpaired) electrons. The van der Waals surface area contributed by atoms with E-state index in [1.165, 1.54) is 12.8 Å². The van der Waals surface area contributed by atoms with Crippen LogP contribution in [-0.2, 0) is 0 Å². The summed E-state index contributed by atoms with van der Waals surface area (Å²) in [6, 6.07) is 9.26. The van der Waals surface area contributed by atoms with Crippen LogP contribution in [0.25, 0.3) is 6.08 Å². The second kappa shape index (κ2) is 12.5. The number of nitrogens with one attached hydrogen (secondary N) is 1. The SMILES string of the molecule is C=Cc1ccc(OCCCCC)cc1.CC(C)NC(C)C. The van der Waals surface area contributed by atoms with Crippen LogP contribution in [0.5, 0.6) is 5.75 Å². The van der Waals surface area contributed by atoms with E-state index in [-0.39, 0.29) is 0 Å². The van der Waals surface area contributed by atoms with Crippen LogP contribution in [0.2, 0.25) is 0 Å². The van der Waals surface area contributed by atoms with Gasteiger partial charge in [0.2, 0.25) is 0 Å². The molecule has 1 N–H and O–H groups in total. The van der Waals surface area contributed by atoms with Gasteiger partial charge in [0.15, 0.2) is 0 Å². The van der Waals surface area contributed by atoms with Gasteiger partial charge in [-0.15, -0.1) is 0 Å². The molecule has 0 aliphatic carbocycles. The lowest BCUT2D eigenvalue weighted by molar-refractivity contribution is 0.306. The molecule has 0 unspecified atom stereocenters. The van der Waals surface area contributed by atoms with Crippen molar-refractivity contribution < 1.29 is 4.74 Å². The number of rotatable bonds is 8. The summed E-state index contributed by atoms with van der Waals surface area (Å²) in [5.74, 6) is 0.951. The van der Waals surface area contributed by atoms with Gasteiger partial charge in [0.25, 0.3) is 0 Å². The third-order valence-electron chi connectivity index (χ3n) is 2.80. The third-order valence-corrected chi connectivity index (χ3v) is 2.80. The fourth-order valence-corrected chi connectivity index (χ4v) is 1.91. The van der Waals surface area contributed by atoms with Gasteiger partial charge in [0, 0.05) is 12.1 Å². The highest BCUT2D eigenvalue weighted by Gasteiger charge is 1.93. The molecule has 0 saturated carbocycles. The molecule has 2 nitrogen and oxygen atoms in total. The van der Waals surface area contributed by atoms with Gasteiger partial charge < -0.3 is 10.1 Å². The average Bonchev–Trinajstić information content (AvgIpc) is 2.43. The maximum absolute atomic E-state index is 5.57. The molecular formula is C19H33NO. The fraction of sp³-hybridized carbons (Fsp3) is 0.579. The Bertz CT molecular complexity index is 348. The van der Waals surface area contributed by atoms with Crippen molar-refractivity contribution in [2.24, 2.45) is 0 Å². The Kier molecular flexibility index (Phi) is 11.7. The van der Waals surface area contributed by atoms with E-state index >= 15 is 0 Å². The molecule has 0 spiro atoms. The average molecular weight is 291 g/mol. The van der Waals surface area contributed by atoms with Crippen molar-refractivity contribution in [3.8, 4) is 5.75 Å². The van der Waals surface area contributed by atoms with E-state index < -0.39 is 0 Å². The van der Waals surface area contributed by atoms with Crippen LogP contribution in [0.1, 0.15) is 59.4 Å². The Morgan fingerprint density at radius 3 is 2.00 bits per heavy atom. The normalized spacial score (nSPS) is 10.2. The first-order valence-corrected chi connectivity index (χ1v) is 8.10. The van der Waals surface area contributed by atoms with Crippen LogP contribution in [0.15, 0.2) is 30.8 Å². The predicted octanol–water partition coefficient (Wildman–Crippen LogP) is 5.29. The molecule has 1 aromatic carbocycles. The minimum Gasteiger partial charge on any atom is -0.494 e. The summed E-state index contributed by atoms with van der Waals surface area (Å²) < 4.78 is 5.57. The Hall–Kier alpha value is -1.28. The van der Waals surface area contributed by atoms with Gasteiger partial charge in [0.1, 0.15) is 5.75 Å². The fourth-order valence-electron chi connectivity index (χ4n) is 1.91. The minimum atomic E-state index is 0.625. The molecule has 1 rings (SSSR count). The largest absolute Gasteiger partial charge is 0.494 e. The molecule has 0 aliphatic rings. The lowest BCUT2D eigenvalue weighted by Crippen LogP contribution is -2.29. The van der Waals surface area contributed by atoms with E-state index in [4.69, 9.17) is 4.74 Å². The smallest absolute Gasteiger partial charge is 0.119 e. The lowest BCUT2D eigenvalue weighted by atomic mass is 10.2. The number of unbranched alkanes of at least 4 members (excludes halogenated alkanes) is 2. The van der Waals surface area contributed by atoms with E-state index in [1.54, 1.807) is 0 Å². The van der Waals surface area contributed by atoms with Crippen molar-refractivity contribution in [2.75, 3.05) is 6.61 Å². The van der Waals surface area contributed by atoms with Crippen molar-refractivity contribution in [1.82, 2.24) is 5.32 Å².